The molecule has 3 N–H and O–H groups in total. The standard InChI is InChI=1S/C16H26N2O2/c1-5-9-20-14-8-6-7-13(10-14)15(19)18-16(4,11-17)12(2)3/h6-8,10,12H,5,9,11,17H2,1-4H3,(H,18,19). The summed E-state index contributed by atoms with van der Waals surface area (Å²) < 4.78 is 5.55. The van der Waals surface area contributed by atoms with Crippen LogP contribution in [0.5, 0.6) is 5.75 Å². The third-order valence-corrected chi connectivity index (χ3v) is 3.67. The second-order valence-electron chi connectivity index (χ2n) is 5.61. The Morgan fingerprint density at radius 2 is 2.15 bits per heavy atom. The Labute approximate surface area is 121 Å². The Kier molecular flexibility index (Phi) is 6.02. The molecule has 112 valence electrons. The van der Waals surface area contributed by atoms with Crippen LogP contribution in [0, 0.1) is 5.92 Å². The largest absolute Gasteiger partial charge is 0.494 e. The topological polar surface area (TPSA) is 64.3 Å². The SMILES string of the molecule is CCCOc1cccc(C(=O)NC(C)(CN)C(C)C)c1. The summed E-state index contributed by atoms with van der Waals surface area (Å²) in [7, 11) is 0. The summed E-state index contributed by atoms with van der Waals surface area (Å²) in [6, 6.07) is 7.24. The number of carbonyl (C=O) groups excluding carboxylic acids is 1. The molecule has 20 heavy (non-hydrogen) atoms. The summed E-state index contributed by atoms with van der Waals surface area (Å²) >= 11 is 0. The maximum absolute atomic E-state index is 12.3. The van der Waals surface area contributed by atoms with Gasteiger partial charge in [-0.3, -0.25) is 4.79 Å². The van der Waals surface area contributed by atoms with Gasteiger partial charge >= 0.3 is 0 Å². The molecule has 0 bridgehead atoms. The van der Waals surface area contributed by atoms with Gasteiger partial charge in [-0.25, -0.2) is 0 Å². The molecule has 1 rings (SSSR count). The van der Waals surface area contributed by atoms with Gasteiger partial charge in [0, 0.05) is 12.1 Å². The lowest BCUT2D eigenvalue weighted by atomic mass is 9.88. The van der Waals surface area contributed by atoms with Gasteiger partial charge in [-0.15, -0.1) is 0 Å². The van der Waals surface area contributed by atoms with Gasteiger partial charge in [-0.1, -0.05) is 26.8 Å². The Morgan fingerprint density at radius 3 is 2.70 bits per heavy atom. The zero-order valence-corrected chi connectivity index (χ0v) is 12.9. The van der Waals surface area contributed by atoms with Crippen molar-refractivity contribution >= 4 is 5.91 Å². The summed E-state index contributed by atoms with van der Waals surface area (Å²) in [4.78, 5) is 12.3. The van der Waals surface area contributed by atoms with Gasteiger partial charge in [0.2, 0.25) is 0 Å². The number of hydrogen-bond donors (Lipinski definition) is 2. The molecule has 1 unspecified atom stereocenters. The van der Waals surface area contributed by atoms with E-state index in [1.807, 2.05) is 39.8 Å². The molecular weight excluding hydrogens is 252 g/mol. The van der Waals surface area contributed by atoms with Gasteiger partial charge in [0.25, 0.3) is 5.91 Å². The molecular formula is C16H26N2O2. The average molecular weight is 278 g/mol. The third kappa shape index (κ3) is 4.23. The van der Waals surface area contributed by atoms with Crippen LogP contribution in [0.25, 0.3) is 0 Å². The molecule has 4 heteroatoms. The van der Waals surface area contributed by atoms with E-state index < -0.39 is 5.54 Å². The molecule has 0 fully saturated rings. The third-order valence-electron chi connectivity index (χ3n) is 3.67. The minimum Gasteiger partial charge on any atom is -0.494 e. The van der Waals surface area contributed by atoms with Crippen LogP contribution >= 0.6 is 0 Å². The van der Waals surface area contributed by atoms with Crippen LogP contribution < -0.4 is 15.8 Å². The predicted molar refractivity (Wildman–Crippen MR) is 82.0 cm³/mol. The molecule has 0 aliphatic rings. The first-order valence-corrected chi connectivity index (χ1v) is 7.18. The van der Waals surface area contributed by atoms with E-state index in [-0.39, 0.29) is 11.8 Å². The fourth-order valence-electron chi connectivity index (χ4n) is 1.71. The number of carbonyl (C=O) groups is 1. The summed E-state index contributed by atoms with van der Waals surface area (Å²) in [5, 5.41) is 3.02. The first kappa shape index (κ1) is 16.5. The lowest BCUT2D eigenvalue weighted by Gasteiger charge is -2.33. The molecule has 0 aliphatic heterocycles. The van der Waals surface area contributed by atoms with Crippen molar-refractivity contribution in [3.63, 3.8) is 0 Å². The van der Waals surface area contributed by atoms with E-state index in [4.69, 9.17) is 10.5 Å². The molecule has 1 aromatic rings. The second-order valence-corrected chi connectivity index (χ2v) is 5.61. The van der Waals surface area contributed by atoms with Crippen molar-refractivity contribution < 1.29 is 9.53 Å². The fraction of sp³-hybridized carbons (Fsp3) is 0.562. The molecule has 1 aromatic carbocycles. The molecule has 1 atom stereocenters. The highest BCUT2D eigenvalue weighted by Crippen LogP contribution is 2.18. The zero-order valence-electron chi connectivity index (χ0n) is 12.9. The quantitative estimate of drug-likeness (QED) is 0.805. The van der Waals surface area contributed by atoms with Crippen LogP contribution in [0.3, 0.4) is 0 Å². The smallest absolute Gasteiger partial charge is 0.251 e. The summed E-state index contributed by atoms with van der Waals surface area (Å²) in [5.41, 5.74) is 5.98. The second kappa shape index (κ2) is 7.29. The monoisotopic (exact) mass is 278 g/mol. The lowest BCUT2D eigenvalue weighted by Crippen LogP contribution is -2.55. The minimum atomic E-state index is -0.405. The van der Waals surface area contributed by atoms with E-state index in [9.17, 15) is 4.79 Å². The van der Waals surface area contributed by atoms with Crippen molar-refractivity contribution in [1.82, 2.24) is 5.32 Å². The van der Waals surface area contributed by atoms with Crippen molar-refractivity contribution in [3.05, 3.63) is 29.8 Å². The van der Waals surface area contributed by atoms with Gasteiger partial charge < -0.3 is 15.8 Å². The van der Waals surface area contributed by atoms with Gasteiger partial charge in [-0.05, 0) is 37.5 Å². The highest BCUT2D eigenvalue weighted by molar-refractivity contribution is 5.95. The number of amides is 1. The normalized spacial score (nSPS) is 13.9. The molecule has 0 heterocycles. The number of nitrogens with one attached hydrogen (secondary N) is 1. The van der Waals surface area contributed by atoms with E-state index in [1.54, 1.807) is 12.1 Å². The summed E-state index contributed by atoms with van der Waals surface area (Å²) in [6.07, 6.45) is 0.940. The molecule has 0 saturated carbocycles. The number of ether oxygens (including phenoxy) is 1. The van der Waals surface area contributed by atoms with Gasteiger partial charge in [0.1, 0.15) is 5.75 Å². The lowest BCUT2D eigenvalue weighted by molar-refractivity contribution is 0.0882. The minimum absolute atomic E-state index is 0.117. The van der Waals surface area contributed by atoms with E-state index in [1.165, 1.54) is 0 Å². The molecule has 0 radical (unpaired) electrons. The van der Waals surface area contributed by atoms with E-state index in [0.717, 1.165) is 12.2 Å². The van der Waals surface area contributed by atoms with E-state index >= 15 is 0 Å². The van der Waals surface area contributed by atoms with Crippen molar-refractivity contribution in [1.29, 1.82) is 0 Å². The number of hydrogen-bond acceptors (Lipinski definition) is 3. The predicted octanol–water partition coefficient (Wildman–Crippen LogP) is 2.58. The van der Waals surface area contributed by atoms with E-state index in [0.29, 0.717) is 18.7 Å². The van der Waals surface area contributed by atoms with Crippen molar-refractivity contribution in [2.75, 3.05) is 13.2 Å². The van der Waals surface area contributed by atoms with Crippen molar-refractivity contribution in [2.45, 2.75) is 39.7 Å². The molecule has 0 aromatic heterocycles. The van der Waals surface area contributed by atoms with Gasteiger partial charge in [0.05, 0.1) is 12.1 Å². The Balaban J connectivity index is 2.81. The highest BCUT2D eigenvalue weighted by Gasteiger charge is 2.28. The Hall–Kier alpha value is -1.55. The van der Waals surface area contributed by atoms with Crippen molar-refractivity contribution in [3.8, 4) is 5.75 Å². The Bertz CT molecular complexity index is 446. The maximum Gasteiger partial charge on any atom is 0.251 e. The van der Waals surface area contributed by atoms with E-state index in [2.05, 4.69) is 5.32 Å². The maximum atomic E-state index is 12.3. The average Bonchev–Trinajstić information content (AvgIpc) is 2.45. The number of rotatable bonds is 7. The molecule has 4 nitrogen and oxygen atoms in total. The molecule has 0 saturated heterocycles. The van der Waals surface area contributed by atoms with Crippen LogP contribution in [0.15, 0.2) is 24.3 Å². The Morgan fingerprint density at radius 1 is 1.45 bits per heavy atom. The van der Waals surface area contributed by atoms with Crippen molar-refractivity contribution in [2.24, 2.45) is 11.7 Å². The zero-order chi connectivity index (χ0) is 15.2. The van der Waals surface area contributed by atoms with Crippen LogP contribution in [0.1, 0.15) is 44.5 Å². The van der Waals surface area contributed by atoms with Crippen LogP contribution in [0.2, 0.25) is 0 Å². The van der Waals surface area contributed by atoms with Crippen LogP contribution in [-0.2, 0) is 0 Å². The number of benzene rings is 1. The van der Waals surface area contributed by atoms with Crippen LogP contribution in [0.4, 0.5) is 0 Å². The van der Waals surface area contributed by atoms with Gasteiger partial charge in [0.15, 0.2) is 0 Å². The first-order chi connectivity index (χ1) is 9.42. The molecule has 0 spiro atoms. The summed E-state index contributed by atoms with van der Waals surface area (Å²) in [6.45, 7) is 9.17. The first-order valence-electron chi connectivity index (χ1n) is 7.18. The fourth-order valence-corrected chi connectivity index (χ4v) is 1.71. The number of nitrogens with two attached hydrogens (primary N) is 1. The molecule has 0 aliphatic carbocycles. The molecule has 1 amide bonds. The highest BCUT2D eigenvalue weighted by atomic mass is 16.5. The van der Waals surface area contributed by atoms with Crippen LogP contribution in [-0.4, -0.2) is 24.6 Å². The van der Waals surface area contributed by atoms with Gasteiger partial charge in [-0.2, -0.15) is 0 Å². The summed E-state index contributed by atoms with van der Waals surface area (Å²) in [5.74, 6) is 0.864.